The molecule has 8 heteroatoms. The summed E-state index contributed by atoms with van der Waals surface area (Å²) in [6.45, 7) is 0. The number of hydrogen-bond donors (Lipinski definition) is 4. The molecule has 5 N–H and O–H groups in total. The second-order valence-electron chi connectivity index (χ2n) is 9.17. The Bertz CT molecular complexity index is 1720. The van der Waals surface area contributed by atoms with Gasteiger partial charge in [-0.05, 0) is 72.8 Å². The van der Waals surface area contributed by atoms with Gasteiger partial charge in [0.25, 0.3) is 0 Å². The van der Waals surface area contributed by atoms with E-state index in [0.717, 1.165) is 55.8 Å². The number of nitrogens with one attached hydrogen (secondary N) is 3. The lowest BCUT2D eigenvalue weighted by Crippen LogP contribution is -2.29. The Hall–Kier alpha value is -4.95. The van der Waals surface area contributed by atoms with E-state index in [1.807, 2.05) is 123 Å². The normalized spacial score (nSPS) is 10.4. The molecule has 5 aromatic carbocycles. The maximum absolute atomic E-state index is 5.91. The minimum Gasteiger partial charge on any atom is -0.457 e. The predicted molar refractivity (Wildman–Crippen MR) is 170 cm³/mol. The Labute approximate surface area is 247 Å². The van der Waals surface area contributed by atoms with Crippen LogP contribution in [-0.2, 0) is 7.05 Å². The monoisotopic (exact) mass is 608 g/mol. The molecule has 0 saturated heterocycles. The van der Waals surface area contributed by atoms with Gasteiger partial charge in [0.1, 0.15) is 34.0 Å². The molecule has 0 unspecified atom stereocenters. The lowest BCUT2D eigenvalue weighted by Gasteiger charge is -2.09. The van der Waals surface area contributed by atoms with Gasteiger partial charge in [-0.25, -0.2) is 14.9 Å². The average Bonchev–Trinajstić information content (AvgIpc) is 3.29. The number of aromatic nitrogens is 2. The fraction of sp³-hybridized carbons (Fsp3) is 0.0606. The van der Waals surface area contributed by atoms with E-state index in [4.69, 9.17) is 15.2 Å². The Kier molecular flexibility index (Phi) is 8.71. The molecule has 0 radical (unpaired) electrons. The molecule has 0 spiro atoms. The zero-order chi connectivity index (χ0) is 28.6. The number of para-hydroxylation sites is 2. The number of fused-ring (bicyclic) bond motifs is 1. The van der Waals surface area contributed by atoms with Crippen molar-refractivity contribution in [3.8, 4) is 23.0 Å². The van der Waals surface area contributed by atoms with E-state index in [1.54, 1.807) is 6.07 Å². The average molecular weight is 610 g/mol. The van der Waals surface area contributed by atoms with Crippen LogP contribution in [0.4, 0.5) is 23.0 Å². The van der Waals surface area contributed by atoms with Crippen LogP contribution in [-0.4, -0.2) is 12.0 Å². The van der Waals surface area contributed by atoms with E-state index in [1.165, 1.54) is 0 Å². The first-order valence-corrected chi connectivity index (χ1v) is 13.9. The number of hydrogen-bond acceptors (Lipinski definition) is 5. The second kappa shape index (κ2) is 12.9. The number of H-pyrrole nitrogens is 1. The summed E-state index contributed by atoms with van der Waals surface area (Å²) in [5.74, 6) is 4.08. The van der Waals surface area contributed by atoms with Gasteiger partial charge in [0.2, 0.25) is 0 Å². The zero-order valence-electron chi connectivity index (χ0n) is 22.8. The Morgan fingerprint density at radius 2 is 1.29 bits per heavy atom. The quantitative estimate of drug-likeness (QED) is 0.108. The highest BCUT2D eigenvalue weighted by atomic mass is 79.9. The molecule has 0 aliphatic rings. The van der Waals surface area contributed by atoms with Crippen LogP contribution < -0.4 is 30.4 Å². The molecule has 206 valence electrons. The summed E-state index contributed by atoms with van der Waals surface area (Å²) in [5.41, 5.74) is 10.5. The van der Waals surface area contributed by atoms with E-state index in [2.05, 4.69) is 42.2 Å². The number of nitrogens with zero attached hydrogens (tertiary/aromatic N) is 1. The maximum atomic E-state index is 5.91. The van der Waals surface area contributed by atoms with Gasteiger partial charge in [-0.15, -0.1) is 0 Å². The molecule has 41 heavy (non-hydrogen) atoms. The van der Waals surface area contributed by atoms with Crippen molar-refractivity contribution in [2.24, 2.45) is 7.05 Å². The highest BCUT2D eigenvalue weighted by molar-refractivity contribution is 9.10. The highest BCUT2D eigenvalue weighted by Crippen LogP contribution is 2.28. The van der Waals surface area contributed by atoms with E-state index in [9.17, 15) is 0 Å². The predicted octanol–water partition coefficient (Wildman–Crippen LogP) is 8.39. The van der Waals surface area contributed by atoms with Gasteiger partial charge >= 0.3 is 5.95 Å². The highest BCUT2D eigenvalue weighted by Gasteiger charge is 2.15. The smallest absolute Gasteiger partial charge is 0.360 e. The van der Waals surface area contributed by atoms with E-state index < -0.39 is 0 Å². The van der Waals surface area contributed by atoms with Crippen molar-refractivity contribution in [3.05, 3.63) is 126 Å². The summed E-state index contributed by atoms with van der Waals surface area (Å²) < 4.78 is 14.7. The van der Waals surface area contributed by atoms with Crippen molar-refractivity contribution in [1.82, 2.24) is 4.98 Å². The maximum Gasteiger partial charge on any atom is 0.360 e. The first-order chi connectivity index (χ1) is 20.0. The van der Waals surface area contributed by atoms with Gasteiger partial charge in [-0.1, -0.05) is 52.3 Å². The van der Waals surface area contributed by atoms with Crippen molar-refractivity contribution in [2.45, 2.75) is 0 Å². The topological polar surface area (TPSA) is 88.2 Å². The van der Waals surface area contributed by atoms with Crippen molar-refractivity contribution in [2.75, 3.05) is 23.4 Å². The summed E-state index contributed by atoms with van der Waals surface area (Å²) in [5, 5.41) is 6.41. The van der Waals surface area contributed by atoms with Crippen LogP contribution in [0.3, 0.4) is 0 Å². The number of imidazole rings is 1. The molecule has 0 saturated carbocycles. The minimum absolute atomic E-state index is 0.677. The molecule has 1 heterocycles. The van der Waals surface area contributed by atoms with Gasteiger partial charge in [-0.2, -0.15) is 0 Å². The van der Waals surface area contributed by atoms with Crippen molar-refractivity contribution >= 4 is 50.0 Å². The zero-order valence-corrected chi connectivity index (χ0v) is 24.4. The molecule has 6 aromatic rings. The summed E-state index contributed by atoms with van der Waals surface area (Å²) in [6, 6.07) is 39.1. The molecule has 0 aliphatic heterocycles. The number of benzene rings is 5. The molecule has 0 atom stereocenters. The third kappa shape index (κ3) is 7.17. The van der Waals surface area contributed by atoms with Crippen LogP contribution in [0, 0.1) is 0 Å². The Balaban J connectivity index is 0.000000182. The SMILES string of the molecule is CNc1ccc(Oc2ccccc2)cc1N.C[n+]1c(Nc2ccc(Br)cc2)[nH]c2cc(Oc3ccccc3)ccc21. The Morgan fingerprint density at radius 1 is 0.707 bits per heavy atom. The van der Waals surface area contributed by atoms with Crippen LogP contribution in [0.15, 0.2) is 126 Å². The molecule has 0 bridgehead atoms. The largest absolute Gasteiger partial charge is 0.457 e. The van der Waals surface area contributed by atoms with Gasteiger partial charge in [0, 0.05) is 23.7 Å². The number of ether oxygens (including phenoxy) is 2. The third-order valence-corrected chi connectivity index (χ3v) is 6.80. The van der Waals surface area contributed by atoms with Gasteiger partial charge < -0.3 is 20.5 Å². The van der Waals surface area contributed by atoms with Crippen LogP contribution in [0.5, 0.6) is 23.0 Å². The van der Waals surface area contributed by atoms with E-state index in [0.29, 0.717) is 5.69 Å². The lowest BCUT2D eigenvalue weighted by atomic mass is 10.2. The molecular weight excluding hydrogens is 578 g/mol. The fourth-order valence-electron chi connectivity index (χ4n) is 4.17. The van der Waals surface area contributed by atoms with Crippen LogP contribution >= 0.6 is 15.9 Å². The van der Waals surface area contributed by atoms with E-state index in [-0.39, 0.29) is 0 Å². The number of rotatable bonds is 7. The molecule has 0 fully saturated rings. The van der Waals surface area contributed by atoms with E-state index >= 15 is 0 Å². The number of anilines is 4. The van der Waals surface area contributed by atoms with Gasteiger partial charge in [-0.3, -0.25) is 0 Å². The molecular formula is C33H31BrN5O2+. The van der Waals surface area contributed by atoms with Crippen molar-refractivity contribution in [1.29, 1.82) is 0 Å². The summed E-state index contributed by atoms with van der Waals surface area (Å²) in [7, 11) is 3.86. The van der Waals surface area contributed by atoms with Crippen LogP contribution in [0.25, 0.3) is 11.0 Å². The standard InChI is InChI=1S/C20H16BrN3O.C13H14N2O/c1-24-19-12-11-17(25-16-5-3-2-4-6-16)13-18(19)23-20(24)22-15-9-7-14(21)8-10-15;1-15-13-8-7-11(9-12(13)14)16-10-5-3-2-4-6-10/h2-13H,1H3,(H,22,23);2-9,15H,14H2,1H3/p+1. The van der Waals surface area contributed by atoms with Gasteiger partial charge in [0.15, 0.2) is 0 Å². The minimum atomic E-state index is 0.677. The fourth-order valence-corrected chi connectivity index (χ4v) is 4.43. The van der Waals surface area contributed by atoms with Gasteiger partial charge in [0.05, 0.1) is 24.1 Å². The third-order valence-electron chi connectivity index (χ3n) is 6.27. The van der Waals surface area contributed by atoms with Crippen LogP contribution in [0.1, 0.15) is 0 Å². The molecule has 1 aromatic heterocycles. The number of aryl methyl sites for hydroxylation is 1. The van der Waals surface area contributed by atoms with Crippen molar-refractivity contribution < 1.29 is 14.0 Å². The summed E-state index contributed by atoms with van der Waals surface area (Å²) in [6.07, 6.45) is 0. The van der Waals surface area contributed by atoms with Crippen LogP contribution in [0.2, 0.25) is 0 Å². The molecule has 0 amide bonds. The number of aromatic amines is 1. The lowest BCUT2D eigenvalue weighted by molar-refractivity contribution is -0.629. The number of nitrogen functional groups attached to an aromatic ring is 1. The second-order valence-corrected chi connectivity index (χ2v) is 10.1. The summed E-state index contributed by atoms with van der Waals surface area (Å²) >= 11 is 3.45. The number of halogens is 1. The molecule has 0 aliphatic carbocycles. The van der Waals surface area contributed by atoms with Crippen molar-refractivity contribution in [3.63, 3.8) is 0 Å². The summed E-state index contributed by atoms with van der Waals surface area (Å²) in [4.78, 5) is 3.41. The Morgan fingerprint density at radius 3 is 1.88 bits per heavy atom. The molecule has 6 rings (SSSR count). The first kappa shape index (κ1) is 27.6. The molecule has 7 nitrogen and oxygen atoms in total. The number of nitrogens with two attached hydrogens (primary N) is 1. The first-order valence-electron chi connectivity index (χ1n) is 13.1.